The van der Waals surface area contributed by atoms with Crippen LogP contribution >= 0.6 is 0 Å². The number of nitrogens with two attached hydrogens (primary N) is 3. The fourth-order valence-electron chi connectivity index (χ4n) is 4.41. The average Bonchev–Trinajstić information content (AvgIpc) is 2.91. The van der Waals surface area contributed by atoms with E-state index in [4.69, 9.17) is 23.6 Å². The van der Waals surface area contributed by atoms with Crippen molar-refractivity contribution in [3.05, 3.63) is 108 Å². The molecule has 0 aromatic heterocycles. The van der Waals surface area contributed by atoms with Gasteiger partial charge in [0.2, 0.25) is 0 Å². The first kappa shape index (κ1) is 29.2. The number of anilines is 3. The van der Waals surface area contributed by atoms with E-state index in [-0.39, 0.29) is 51.1 Å². The molecule has 0 aliphatic heterocycles. The number of aromatic hydroxyl groups is 3. The molecule has 0 radical (unpaired) electrons. The molecular weight excluding hydrogens is 550 g/mol. The molecule has 0 saturated heterocycles. The molecule has 0 saturated carbocycles. The SMILES string of the molecule is C#Cc1c(F)ccc2cc(O)cc(N)c12.Nc1cc(O)cc2ccc(F)c(F)c12.Nc1cc(O)cc2cccc(F)c12. The quantitative estimate of drug-likeness (QED) is 0.0663. The van der Waals surface area contributed by atoms with E-state index in [9.17, 15) is 32.9 Å². The van der Waals surface area contributed by atoms with Crippen LogP contribution in [-0.4, -0.2) is 15.3 Å². The van der Waals surface area contributed by atoms with Gasteiger partial charge >= 0.3 is 0 Å². The second-order valence-corrected chi connectivity index (χ2v) is 9.07. The van der Waals surface area contributed by atoms with E-state index >= 15 is 0 Å². The summed E-state index contributed by atoms with van der Waals surface area (Å²) in [6.45, 7) is 0. The van der Waals surface area contributed by atoms with Crippen LogP contribution in [-0.2, 0) is 0 Å². The summed E-state index contributed by atoms with van der Waals surface area (Å²) in [5, 5.41) is 30.1. The van der Waals surface area contributed by atoms with Crippen molar-refractivity contribution in [1.82, 2.24) is 0 Å². The van der Waals surface area contributed by atoms with Gasteiger partial charge in [-0.05, 0) is 52.6 Å². The lowest BCUT2D eigenvalue weighted by atomic mass is 10.0. The molecule has 0 spiro atoms. The van der Waals surface area contributed by atoms with E-state index in [0.717, 1.165) is 6.07 Å². The van der Waals surface area contributed by atoms with Gasteiger partial charge in [-0.15, -0.1) is 6.42 Å². The van der Waals surface area contributed by atoms with Gasteiger partial charge in [-0.2, -0.15) is 0 Å². The fraction of sp³-hybridized carbons (Fsp3) is 0. The topological polar surface area (TPSA) is 139 Å². The lowest BCUT2D eigenvalue weighted by Crippen LogP contribution is -1.92. The minimum atomic E-state index is -0.986. The molecule has 0 bridgehead atoms. The van der Waals surface area contributed by atoms with Crippen molar-refractivity contribution in [2.75, 3.05) is 17.2 Å². The Labute approximate surface area is 236 Å². The first-order chi connectivity index (χ1) is 19.9. The molecule has 10 heteroatoms. The minimum absolute atomic E-state index is 0.00259. The Morgan fingerprint density at radius 1 is 0.524 bits per heavy atom. The predicted molar refractivity (Wildman–Crippen MR) is 158 cm³/mol. The maximum atomic E-state index is 13.3. The number of benzene rings is 6. The van der Waals surface area contributed by atoms with Crippen molar-refractivity contribution in [2.45, 2.75) is 0 Å². The van der Waals surface area contributed by atoms with Gasteiger partial charge in [0.05, 0.1) is 5.56 Å². The van der Waals surface area contributed by atoms with Crippen LogP contribution in [0.4, 0.5) is 34.6 Å². The van der Waals surface area contributed by atoms with Gasteiger partial charge < -0.3 is 32.5 Å². The maximum absolute atomic E-state index is 13.3. The summed E-state index contributed by atoms with van der Waals surface area (Å²) in [6.07, 6.45) is 5.22. The van der Waals surface area contributed by atoms with Crippen LogP contribution in [0.25, 0.3) is 32.3 Å². The first-order valence-electron chi connectivity index (χ1n) is 12.1. The smallest absolute Gasteiger partial charge is 0.168 e. The molecule has 6 aromatic carbocycles. The molecule has 0 fully saturated rings. The van der Waals surface area contributed by atoms with E-state index in [1.165, 1.54) is 60.7 Å². The Balaban J connectivity index is 0.000000145. The van der Waals surface area contributed by atoms with E-state index in [1.54, 1.807) is 12.1 Å². The second kappa shape index (κ2) is 11.7. The summed E-state index contributed by atoms with van der Waals surface area (Å²) in [5.74, 6) is -0.503. The van der Waals surface area contributed by atoms with Gasteiger partial charge in [0.1, 0.15) is 28.9 Å². The highest BCUT2D eigenvalue weighted by Crippen LogP contribution is 2.32. The highest BCUT2D eigenvalue weighted by molar-refractivity contribution is 5.99. The molecule has 0 atom stereocenters. The third-order valence-electron chi connectivity index (χ3n) is 6.19. The standard InChI is InChI=1S/C12H8FNO.C10H7F2NO.C10H8FNO/c1-2-9-10(13)4-3-7-5-8(15)6-11(14)12(7)9;11-7-2-1-5-3-6(14)4-8(13)9(5)10(7)12;11-8-3-1-2-6-4-7(13)5-9(12)10(6)8/h1,3-6,15H,14H2;1-4,14H,13H2;1-5,13H,12H2. The average molecular weight is 574 g/mol. The van der Waals surface area contributed by atoms with E-state index in [0.29, 0.717) is 26.9 Å². The lowest BCUT2D eigenvalue weighted by Gasteiger charge is -2.06. The van der Waals surface area contributed by atoms with Crippen LogP contribution in [0.2, 0.25) is 0 Å². The van der Waals surface area contributed by atoms with Crippen molar-refractivity contribution in [2.24, 2.45) is 0 Å². The second-order valence-electron chi connectivity index (χ2n) is 9.07. The van der Waals surface area contributed by atoms with Crippen LogP contribution in [0, 0.1) is 35.6 Å². The molecule has 0 heterocycles. The number of halogens is 4. The Hall–Kier alpha value is -5.82. The van der Waals surface area contributed by atoms with Gasteiger partial charge in [0.15, 0.2) is 11.6 Å². The van der Waals surface area contributed by atoms with Crippen molar-refractivity contribution < 1.29 is 32.9 Å². The Bertz CT molecular complexity index is 2020. The van der Waals surface area contributed by atoms with E-state index < -0.39 is 17.5 Å². The largest absolute Gasteiger partial charge is 0.508 e. The predicted octanol–water partition coefficient (Wildman–Crippen LogP) is 6.92. The Kier molecular flexibility index (Phi) is 8.15. The lowest BCUT2D eigenvalue weighted by molar-refractivity contribution is 0.475. The summed E-state index contributed by atoms with van der Waals surface area (Å²) in [7, 11) is 0. The van der Waals surface area contributed by atoms with E-state index in [1.807, 2.05) is 0 Å². The fourth-order valence-corrected chi connectivity index (χ4v) is 4.41. The number of terminal acetylenes is 1. The highest BCUT2D eigenvalue weighted by atomic mass is 19.2. The van der Waals surface area contributed by atoms with Crippen LogP contribution < -0.4 is 17.2 Å². The molecule has 0 amide bonds. The molecule has 212 valence electrons. The molecule has 6 nitrogen and oxygen atoms in total. The van der Waals surface area contributed by atoms with Crippen molar-refractivity contribution >= 4 is 49.4 Å². The summed E-state index contributed by atoms with van der Waals surface area (Å²) in [4.78, 5) is 0. The molecule has 0 aliphatic rings. The minimum Gasteiger partial charge on any atom is -0.508 e. The van der Waals surface area contributed by atoms with Gasteiger partial charge in [0, 0.05) is 51.4 Å². The third-order valence-corrected chi connectivity index (χ3v) is 6.19. The number of phenols is 3. The number of nitrogen functional groups attached to an aromatic ring is 3. The summed E-state index contributed by atoms with van der Waals surface area (Å²) in [6, 6.07) is 18.0. The molecule has 42 heavy (non-hydrogen) atoms. The van der Waals surface area contributed by atoms with Crippen molar-refractivity contribution in [1.29, 1.82) is 0 Å². The molecule has 6 rings (SSSR count). The van der Waals surface area contributed by atoms with Crippen molar-refractivity contribution in [3.8, 4) is 29.6 Å². The zero-order valence-corrected chi connectivity index (χ0v) is 21.7. The van der Waals surface area contributed by atoms with Crippen LogP contribution in [0.5, 0.6) is 17.2 Å². The Morgan fingerprint density at radius 3 is 1.52 bits per heavy atom. The van der Waals surface area contributed by atoms with Gasteiger partial charge in [-0.1, -0.05) is 30.2 Å². The number of hydrogen-bond donors (Lipinski definition) is 6. The molecule has 9 N–H and O–H groups in total. The highest BCUT2D eigenvalue weighted by Gasteiger charge is 2.11. The molecule has 6 aromatic rings. The van der Waals surface area contributed by atoms with Gasteiger partial charge in [-0.25, -0.2) is 17.6 Å². The Morgan fingerprint density at radius 2 is 0.976 bits per heavy atom. The molecular formula is C32H23F4N3O3. The zero-order valence-electron chi connectivity index (χ0n) is 21.7. The summed E-state index contributed by atoms with van der Waals surface area (Å²) < 4.78 is 52.6. The van der Waals surface area contributed by atoms with Gasteiger partial charge in [-0.3, -0.25) is 0 Å². The number of hydrogen-bond acceptors (Lipinski definition) is 6. The number of phenolic OH excluding ortho intramolecular Hbond substituents is 3. The maximum Gasteiger partial charge on any atom is 0.168 e. The number of fused-ring (bicyclic) bond motifs is 3. The van der Waals surface area contributed by atoms with Crippen molar-refractivity contribution in [3.63, 3.8) is 0 Å². The van der Waals surface area contributed by atoms with Crippen LogP contribution in [0.1, 0.15) is 5.56 Å². The first-order valence-corrected chi connectivity index (χ1v) is 12.1. The third kappa shape index (κ3) is 5.85. The van der Waals surface area contributed by atoms with Crippen LogP contribution in [0.15, 0.2) is 78.9 Å². The normalized spacial score (nSPS) is 10.5. The monoisotopic (exact) mass is 573 g/mol. The van der Waals surface area contributed by atoms with Gasteiger partial charge in [0.25, 0.3) is 0 Å². The summed E-state index contributed by atoms with van der Waals surface area (Å²) >= 11 is 0. The zero-order chi connectivity index (χ0) is 30.7. The van der Waals surface area contributed by atoms with Crippen LogP contribution in [0.3, 0.4) is 0 Å². The van der Waals surface area contributed by atoms with E-state index in [2.05, 4.69) is 5.92 Å². The molecule has 0 aliphatic carbocycles. The molecule has 0 unspecified atom stereocenters. The summed E-state index contributed by atoms with van der Waals surface area (Å²) in [5.41, 5.74) is 17.4. The number of rotatable bonds is 0.